The van der Waals surface area contributed by atoms with Crippen LogP contribution in [0.3, 0.4) is 0 Å². The van der Waals surface area contributed by atoms with Crippen LogP contribution in [0.1, 0.15) is 84.1 Å². The van der Waals surface area contributed by atoms with Gasteiger partial charge in [0.05, 0.1) is 19.4 Å². The summed E-state index contributed by atoms with van der Waals surface area (Å²) < 4.78 is 4.86. The van der Waals surface area contributed by atoms with E-state index in [2.05, 4.69) is 48.6 Å². The summed E-state index contributed by atoms with van der Waals surface area (Å²) in [6.45, 7) is 7.75. The van der Waals surface area contributed by atoms with Crippen molar-refractivity contribution in [1.82, 2.24) is 10.5 Å². The lowest BCUT2D eigenvalue weighted by Crippen LogP contribution is -2.50. The molecule has 6 heteroatoms. The van der Waals surface area contributed by atoms with Crippen molar-refractivity contribution in [2.45, 2.75) is 78.6 Å². The molecular formula is C31H42N2O4. The van der Waals surface area contributed by atoms with Crippen LogP contribution < -0.4 is 5.48 Å². The normalized spacial score (nSPS) is 34.4. The summed E-state index contributed by atoms with van der Waals surface area (Å²) in [6, 6.07) is 4.30. The number of hydroxylamine groups is 1. The molecule has 0 radical (unpaired) electrons. The molecule has 1 aromatic heterocycles. The maximum atomic E-state index is 11.9. The number of ether oxygens (including phenoxy) is 1. The summed E-state index contributed by atoms with van der Waals surface area (Å²) >= 11 is 0. The van der Waals surface area contributed by atoms with Crippen molar-refractivity contribution in [3.8, 4) is 0 Å². The number of hydrogen-bond donors (Lipinski definition) is 1. The summed E-state index contributed by atoms with van der Waals surface area (Å²) in [7, 11) is 0. The van der Waals surface area contributed by atoms with Gasteiger partial charge in [0.2, 0.25) is 0 Å². The van der Waals surface area contributed by atoms with Crippen LogP contribution in [-0.2, 0) is 19.2 Å². The van der Waals surface area contributed by atoms with Crippen LogP contribution in [-0.4, -0.2) is 30.1 Å². The number of allylic oxidation sites excluding steroid dienone is 3. The predicted molar refractivity (Wildman–Crippen MR) is 143 cm³/mol. The molecule has 4 aliphatic carbocycles. The first kappa shape index (κ1) is 26.1. The largest absolute Gasteiger partial charge is 0.466 e. The van der Waals surface area contributed by atoms with E-state index in [1.807, 2.05) is 12.4 Å². The van der Waals surface area contributed by atoms with Crippen molar-refractivity contribution in [3.05, 3.63) is 47.8 Å². The molecule has 1 unspecified atom stereocenters. The van der Waals surface area contributed by atoms with E-state index in [1.54, 1.807) is 12.5 Å². The van der Waals surface area contributed by atoms with E-state index in [0.717, 1.165) is 24.2 Å². The zero-order chi connectivity index (χ0) is 26.0. The molecule has 0 bridgehead atoms. The van der Waals surface area contributed by atoms with Gasteiger partial charge in [0, 0.05) is 18.9 Å². The van der Waals surface area contributed by atoms with Crippen molar-refractivity contribution in [2.24, 2.45) is 34.5 Å². The summed E-state index contributed by atoms with van der Waals surface area (Å²) in [5.74, 6) is 1.85. The van der Waals surface area contributed by atoms with Gasteiger partial charge in [-0.2, -0.15) is 5.48 Å². The first-order chi connectivity index (χ1) is 17.8. The number of esters is 1. The minimum Gasteiger partial charge on any atom is -0.466 e. The van der Waals surface area contributed by atoms with Gasteiger partial charge in [0.25, 0.3) is 0 Å². The number of nitrogens with one attached hydrogen (secondary N) is 1. The van der Waals surface area contributed by atoms with Crippen molar-refractivity contribution in [2.75, 3.05) is 13.2 Å². The standard InChI is InChI=1S/C31H42N2O4/c1-4-36-28(34)11-12-29(35)37-33-19-21-13-15-30(2)23(18-21)7-8-24-26-10-9-25(22-6-5-17-32-20-22)31(26,3)16-14-27(24)30/h5-6,9,17-18,20-21,24,26-27,33H,4,7-8,10-16,19H2,1-3H3/t21?,24-,26+,27+,30+,31-/m1/s1. The van der Waals surface area contributed by atoms with Gasteiger partial charge in [-0.05, 0) is 104 Å². The van der Waals surface area contributed by atoms with E-state index in [1.165, 1.54) is 49.7 Å². The van der Waals surface area contributed by atoms with E-state index in [9.17, 15) is 9.59 Å². The topological polar surface area (TPSA) is 77.5 Å². The highest BCUT2D eigenvalue weighted by atomic mass is 16.7. The van der Waals surface area contributed by atoms with Crippen molar-refractivity contribution in [1.29, 1.82) is 0 Å². The zero-order valence-corrected chi connectivity index (χ0v) is 22.6. The molecule has 0 saturated heterocycles. The number of hydrogen-bond acceptors (Lipinski definition) is 6. The van der Waals surface area contributed by atoms with Gasteiger partial charge in [-0.25, -0.2) is 0 Å². The van der Waals surface area contributed by atoms with Gasteiger partial charge in [-0.15, -0.1) is 0 Å². The molecule has 1 N–H and O–H groups in total. The molecule has 6 nitrogen and oxygen atoms in total. The smallest absolute Gasteiger partial charge is 0.325 e. The van der Waals surface area contributed by atoms with Crippen molar-refractivity contribution >= 4 is 17.5 Å². The zero-order valence-electron chi connectivity index (χ0n) is 22.6. The number of pyridine rings is 1. The third kappa shape index (κ3) is 5.01. The quantitative estimate of drug-likeness (QED) is 0.263. The number of rotatable bonds is 8. The van der Waals surface area contributed by atoms with Gasteiger partial charge in [0.1, 0.15) is 0 Å². The monoisotopic (exact) mass is 506 g/mol. The molecular weight excluding hydrogens is 464 g/mol. The lowest BCUT2D eigenvalue weighted by atomic mass is 9.46. The highest BCUT2D eigenvalue weighted by Gasteiger charge is 2.57. The molecule has 4 aliphatic rings. The Balaban J connectivity index is 1.18. The maximum Gasteiger partial charge on any atom is 0.325 e. The Bertz CT molecular complexity index is 1070. The van der Waals surface area contributed by atoms with Crippen LogP contribution in [0.4, 0.5) is 0 Å². The second-order valence-electron chi connectivity index (χ2n) is 12.0. The first-order valence-corrected chi connectivity index (χ1v) is 14.3. The summed E-state index contributed by atoms with van der Waals surface area (Å²) in [6.07, 6.45) is 17.5. The average Bonchev–Trinajstić information content (AvgIpc) is 3.25. The highest BCUT2D eigenvalue weighted by molar-refractivity contribution is 5.77. The summed E-state index contributed by atoms with van der Waals surface area (Å²) in [5, 5.41) is 0. The first-order valence-electron chi connectivity index (χ1n) is 14.3. The molecule has 1 aromatic rings. The van der Waals surface area contributed by atoms with Gasteiger partial charge in [-0.1, -0.05) is 37.6 Å². The molecule has 2 saturated carbocycles. The molecule has 5 rings (SSSR count). The Labute approximate surface area is 221 Å². The van der Waals surface area contributed by atoms with E-state index in [-0.39, 0.29) is 29.6 Å². The molecule has 2 fully saturated rings. The van der Waals surface area contributed by atoms with Crippen LogP contribution in [0.15, 0.2) is 42.3 Å². The molecule has 0 aromatic carbocycles. The van der Waals surface area contributed by atoms with Crippen LogP contribution in [0.25, 0.3) is 5.57 Å². The molecule has 6 atom stereocenters. The molecule has 1 heterocycles. The lowest BCUT2D eigenvalue weighted by Gasteiger charge is -2.58. The van der Waals surface area contributed by atoms with Crippen molar-refractivity contribution in [3.63, 3.8) is 0 Å². The number of carbonyl (C=O) groups is 2. The summed E-state index contributed by atoms with van der Waals surface area (Å²) in [4.78, 5) is 33.0. The third-order valence-electron chi connectivity index (χ3n) is 10.1. The van der Waals surface area contributed by atoms with Gasteiger partial charge < -0.3 is 9.57 Å². The average molecular weight is 507 g/mol. The Hall–Kier alpha value is -2.47. The fourth-order valence-corrected chi connectivity index (χ4v) is 8.22. The lowest BCUT2D eigenvalue weighted by molar-refractivity contribution is -0.155. The van der Waals surface area contributed by atoms with Crippen LogP contribution in [0.2, 0.25) is 0 Å². The summed E-state index contributed by atoms with van der Waals surface area (Å²) in [5.41, 5.74) is 7.89. The van der Waals surface area contributed by atoms with Crippen LogP contribution >= 0.6 is 0 Å². The number of carbonyl (C=O) groups excluding carboxylic acids is 2. The minimum absolute atomic E-state index is 0.0379. The number of nitrogens with zero attached hydrogens (tertiary/aromatic N) is 1. The van der Waals surface area contributed by atoms with Gasteiger partial charge >= 0.3 is 11.9 Å². The maximum absolute atomic E-state index is 11.9. The van der Waals surface area contributed by atoms with E-state index in [0.29, 0.717) is 19.1 Å². The SMILES string of the molecule is CCOC(=O)CCC(=O)ONCC1C=C2CC[C@H]3[C@H](CC[C@]4(C)C(c5cccnc5)=CC[C@@H]34)[C@@]2(C)CC1. The molecule has 37 heavy (non-hydrogen) atoms. The molecule has 0 spiro atoms. The second-order valence-corrected chi connectivity index (χ2v) is 12.0. The third-order valence-corrected chi connectivity index (χ3v) is 10.1. The van der Waals surface area contributed by atoms with Crippen LogP contribution in [0.5, 0.6) is 0 Å². The Morgan fingerprint density at radius 3 is 2.68 bits per heavy atom. The Kier molecular flexibility index (Phi) is 7.58. The Morgan fingerprint density at radius 2 is 1.89 bits per heavy atom. The predicted octanol–water partition coefficient (Wildman–Crippen LogP) is 6.05. The van der Waals surface area contributed by atoms with E-state index in [4.69, 9.17) is 9.57 Å². The Morgan fingerprint density at radius 1 is 1.08 bits per heavy atom. The van der Waals surface area contributed by atoms with Gasteiger partial charge in [-0.3, -0.25) is 14.6 Å². The van der Waals surface area contributed by atoms with E-state index < -0.39 is 5.97 Å². The fourth-order valence-electron chi connectivity index (χ4n) is 8.22. The molecule has 200 valence electrons. The second kappa shape index (κ2) is 10.7. The molecule has 0 amide bonds. The number of aromatic nitrogens is 1. The molecule has 0 aliphatic heterocycles. The van der Waals surface area contributed by atoms with Crippen LogP contribution in [0, 0.1) is 34.5 Å². The minimum atomic E-state index is -0.414. The number of fused-ring (bicyclic) bond motifs is 5. The highest BCUT2D eigenvalue weighted by Crippen LogP contribution is 2.66. The fraction of sp³-hybridized carbons (Fsp3) is 0.645. The van der Waals surface area contributed by atoms with Crippen molar-refractivity contribution < 1.29 is 19.2 Å². The van der Waals surface area contributed by atoms with E-state index >= 15 is 0 Å². The van der Waals surface area contributed by atoms with Gasteiger partial charge in [0.15, 0.2) is 0 Å².